The van der Waals surface area contributed by atoms with Gasteiger partial charge in [-0.05, 0) is 54.8 Å². The predicted molar refractivity (Wildman–Crippen MR) is 128 cm³/mol. The summed E-state index contributed by atoms with van der Waals surface area (Å²) < 4.78 is 34.4. The lowest BCUT2D eigenvalue weighted by Crippen LogP contribution is -2.31. The van der Waals surface area contributed by atoms with E-state index in [0.717, 1.165) is 22.4 Å². The van der Waals surface area contributed by atoms with Gasteiger partial charge >= 0.3 is 0 Å². The maximum atomic E-state index is 12.9. The standard InChI is InChI=1S/C26H25N3O3S/c1-2-32-25-11-4-3-9-22(25)21-15-13-20(14-16-21)19-24(23-10-5-7-17-27-23)29-33(30,31)26-12-6-8-18-28-26/h3-18,24,29H,2,19H2,1H3. The van der Waals surface area contributed by atoms with E-state index in [-0.39, 0.29) is 5.03 Å². The third-order valence-electron chi connectivity index (χ3n) is 5.15. The molecule has 0 aliphatic heterocycles. The Morgan fingerprint density at radius 2 is 1.55 bits per heavy atom. The SMILES string of the molecule is CCOc1ccccc1-c1ccc(CC(NS(=O)(=O)c2ccccn2)c2ccccn2)cc1. The summed E-state index contributed by atoms with van der Waals surface area (Å²) in [5, 5.41) is -0.0196. The maximum Gasteiger partial charge on any atom is 0.258 e. The lowest BCUT2D eigenvalue weighted by Gasteiger charge is -2.18. The molecule has 0 saturated heterocycles. The topological polar surface area (TPSA) is 81.2 Å². The molecule has 2 aromatic carbocycles. The second-order valence-electron chi connectivity index (χ2n) is 7.43. The highest BCUT2D eigenvalue weighted by molar-refractivity contribution is 7.89. The van der Waals surface area contributed by atoms with E-state index >= 15 is 0 Å². The Hall–Kier alpha value is -3.55. The fraction of sp³-hybridized carbons (Fsp3) is 0.154. The number of nitrogens with zero attached hydrogens (tertiary/aromatic N) is 2. The van der Waals surface area contributed by atoms with Crippen LogP contribution >= 0.6 is 0 Å². The van der Waals surface area contributed by atoms with Crippen LogP contribution in [0.15, 0.2) is 102 Å². The van der Waals surface area contributed by atoms with Crippen LogP contribution in [0.25, 0.3) is 11.1 Å². The molecule has 2 aromatic heterocycles. The van der Waals surface area contributed by atoms with Crippen LogP contribution in [-0.4, -0.2) is 25.0 Å². The maximum absolute atomic E-state index is 12.9. The molecule has 0 saturated carbocycles. The minimum absolute atomic E-state index is 0.0196. The molecule has 1 N–H and O–H groups in total. The van der Waals surface area contributed by atoms with Gasteiger partial charge in [-0.2, -0.15) is 0 Å². The van der Waals surface area contributed by atoms with Crippen molar-refractivity contribution in [3.8, 4) is 16.9 Å². The zero-order chi connectivity index (χ0) is 23.1. The van der Waals surface area contributed by atoms with E-state index in [4.69, 9.17) is 4.74 Å². The van der Waals surface area contributed by atoms with Crippen molar-refractivity contribution < 1.29 is 13.2 Å². The van der Waals surface area contributed by atoms with Gasteiger partial charge in [-0.3, -0.25) is 4.98 Å². The minimum Gasteiger partial charge on any atom is -0.493 e. The molecule has 4 aromatic rings. The van der Waals surface area contributed by atoms with Gasteiger partial charge in [-0.1, -0.05) is 54.6 Å². The Balaban J connectivity index is 1.60. The molecular weight excluding hydrogens is 434 g/mol. The molecule has 0 aliphatic carbocycles. The van der Waals surface area contributed by atoms with Crippen molar-refractivity contribution in [2.75, 3.05) is 6.61 Å². The highest BCUT2D eigenvalue weighted by atomic mass is 32.2. The first-order valence-electron chi connectivity index (χ1n) is 10.7. The van der Waals surface area contributed by atoms with Gasteiger partial charge in [-0.15, -0.1) is 0 Å². The van der Waals surface area contributed by atoms with E-state index in [9.17, 15) is 8.42 Å². The highest BCUT2D eigenvalue weighted by Crippen LogP contribution is 2.30. The predicted octanol–water partition coefficient (Wildman–Crippen LogP) is 4.80. The highest BCUT2D eigenvalue weighted by Gasteiger charge is 2.23. The van der Waals surface area contributed by atoms with Gasteiger partial charge in [0.15, 0.2) is 5.03 Å². The molecule has 7 heteroatoms. The number of nitrogens with one attached hydrogen (secondary N) is 1. The van der Waals surface area contributed by atoms with Crippen molar-refractivity contribution in [3.63, 3.8) is 0 Å². The molecule has 0 fully saturated rings. The van der Waals surface area contributed by atoms with E-state index in [1.54, 1.807) is 24.4 Å². The number of hydrogen-bond acceptors (Lipinski definition) is 5. The van der Waals surface area contributed by atoms with Crippen molar-refractivity contribution in [1.82, 2.24) is 14.7 Å². The summed E-state index contributed by atoms with van der Waals surface area (Å²) in [6.07, 6.45) is 3.56. The van der Waals surface area contributed by atoms with Gasteiger partial charge < -0.3 is 4.74 Å². The van der Waals surface area contributed by atoms with E-state index in [2.05, 4.69) is 14.7 Å². The second kappa shape index (κ2) is 10.4. The van der Waals surface area contributed by atoms with Crippen molar-refractivity contribution >= 4 is 10.0 Å². The number of hydrogen-bond donors (Lipinski definition) is 1. The monoisotopic (exact) mass is 459 g/mol. The molecule has 1 atom stereocenters. The van der Waals surface area contributed by atoms with E-state index in [0.29, 0.717) is 18.7 Å². The Morgan fingerprint density at radius 3 is 2.21 bits per heavy atom. The van der Waals surface area contributed by atoms with Crippen LogP contribution in [0.2, 0.25) is 0 Å². The van der Waals surface area contributed by atoms with Crippen LogP contribution in [0.4, 0.5) is 0 Å². The second-order valence-corrected chi connectivity index (χ2v) is 9.09. The van der Waals surface area contributed by atoms with Crippen LogP contribution < -0.4 is 9.46 Å². The van der Waals surface area contributed by atoms with Gasteiger partial charge in [0.2, 0.25) is 0 Å². The molecule has 6 nitrogen and oxygen atoms in total. The zero-order valence-corrected chi connectivity index (χ0v) is 19.1. The van der Waals surface area contributed by atoms with Crippen LogP contribution in [0.1, 0.15) is 24.2 Å². The van der Waals surface area contributed by atoms with Gasteiger partial charge in [-0.25, -0.2) is 18.1 Å². The minimum atomic E-state index is -3.81. The van der Waals surface area contributed by atoms with Crippen LogP contribution in [0.5, 0.6) is 5.75 Å². The van der Waals surface area contributed by atoms with Crippen LogP contribution in [-0.2, 0) is 16.4 Å². The van der Waals surface area contributed by atoms with Crippen molar-refractivity contribution in [2.24, 2.45) is 0 Å². The molecule has 0 radical (unpaired) electrons. The van der Waals surface area contributed by atoms with Crippen molar-refractivity contribution in [1.29, 1.82) is 0 Å². The number of ether oxygens (including phenoxy) is 1. The molecular formula is C26H25N3O3S. The number of para-hydroxylation sites is 1. The van der Waals surface area contributed by atoms with Gasteiger partial charge in [0.1, 0.15) is 5.75 Å². The summed E-state index contributed by atoms with van der Waals surface area (Å²) in [5.74, 6) is 0.835. The van der Waals surface area contributed by atoms with Crippen LogP contribution in [0, 0.1) is 0 Å². The molecule has 1 unspecified atom stereocenters. The quantitative estimate of drug-likeness (QED) is 0.389. The zero-order valence-electron chi connectivity index (χ0n) is 18.3. The summed E-state index contributed by atoms with van der Waals surface area (Å²) in [4.78, 5) is 8.38. The number of rotatable bonds is 9. The fourth-order valence-corrected chi connectivity index (χ4v) is 4.74. The molecule has 168 valence electrons. The lowest BCUT2D eigenvalue weighted by atomic mass is 9.99. The van der Waals surface area contributed by atoms with Gasteiger partial charge in [0.25, 0.3) is 10.0 Å². The summed E-state index contributed by atoms with van der Waals surface area (Å²) in [7, 11) is -3.81. The number of aromatic nitrogens is 2. The smallest absolute Gasteiger partial charge is 0.258 e. The van der Waals surface area contributed by atoms with Gasteiger partial charge in [0, 0.05) is 18.0 Å². The Morgan fingerprint density at radius 1 is 0.848 bits per heavy atom. The van der Waals surface area contributed by atoms with Crippen molar-refractivity contribution in [2.45, 2.75) is 24.4 Å². The molecule has 0 aliphatic rings. The van der Waals surface area contributed by atoms with Crippen LogP contribution in [0.3, 0.4) is 0 Å². The largest absolute Gasteiger partial charge is 0.493 e. The summed E-state index contributed by atoms with van der Waals surface area (Å²) in [6, 6.07) is 25.7. The molecule has 2 heterocycles. The molecule has 0 amide bonds. The third-order valence-corrected chi connectivity index (χ3v) is 6.53. The lowest BCUT2D eigenvalue weighted by molar-refractivity contribution is 0.341. The van der Waals surface area contributed by atoms with Gasteiger partial charge in [0.05, 0.1) is 18.3 Å². The average Bonchev–Trinajstić information content (AvgIpc) is 2.86. The fourth-order valence-electron chi connectivity index (χ4n) is 3.58. The summed E-state index contributed by atoms with van der Waals surface area (Å²) in [6.45, 7) is 2.56. The van der Waals surface area contributed by atoms with E-state index < -0.39 is 16.1 Å². The van der Waals surface area contributed by atoms with E-state index in [1.165, 1.54) is 12.3 Å². The Labute approximate surface area is 194 Å². The van der Waals surface area contributed by atoms with Crippen molar-refractivity contribution in [3.05, 3.63) is 109 Å². The number of pyridine rings is 2. The number of benzene rings is 2. The first-order chi connectivity index (χ1) is 16.1. The van der Waals surface area contributed by atoms with E-state index in [1.807, 2.05) is 67.6 Å². The summed E-state index contributed by atoms with van der Waals surface area (Å²) in [5.41, 5.74) is 3.67. The Kier molecular flexibility index (Phi) is 7.12. The summed E-state index contributed by atoms with van der Waals surface area (Å²) >= 11 is 0. The molecule has 0 bridgehead atoms. The first-order valence-corrected chi connectivity index (χ1v) is 12.2. The molecule has 4 rings (SSSR count). The Bertz CT molecular complexity index is 1280. The first kappa shape index (κ1) is 22.6. The molecule has 0 spiro atoms. The number of sulfonamides is 1. The average molecular weight is 460 g/mol. The normalized spacial score (nSPS) is 12.3. The molecule has 33 heavy (non-hydrogen) atoms. The third kappa shape index (κ3) is 5.63.